The van der Waals surface area contributed by atoms with Gasteiger partial charge in [-0.25, -0.2) is 4.79 Å². The molecule has 0 aliphatic heterocycles. The minimum atomic E-state index is -0.518. The molecule has 0 bridgehead atoms. The Bertz CT molecular complexity index is 449. The van der Waals surface area contributed by atoms with Crippen molar-refractivity contribution in [1.82, 2.24) is 9.97 Å². The number of aromatic amines is 2. The minimum absolute atomic E-state index is 0.278. The van der Waals surface area contributed by atoms with Gasteiger partial charge in [-0.2, -0.15) is 0 Å². The third-order valence-electron chi connectivity index (χ3n) is 1.26. The second-order valence-electron chi connectivity index (χ2n) is 2.23. The summed E-state index contributed by atoms with van der Waals surface area (Å²) in [6.07, 6.45) is 1.97. The number of aromatic nitrogens is 2. The highest BCUT2D eigenvalue weighted by atomic mass is 79.9. The molecule has 1 aromatic rings. The number of rotatable bonds is 1. The second kappa shape index (κ2) is 4.67. The molecular formula is C8H7BrN2O2. The van der Waals surface area contributed by atoms with Gasteiger partial charge in [0.2, 0.25) is 0 Å². The Labute approximate surface area is 82.5 Å². The van der Waals surface area contributed by atoms with E-state index in [1.165, 1.54) is 6.20 Å². The molecule has 1 aromatic heterocycles. The summed E-state index contributed by atoms with van der Waals surface area (Å²) in [4.78, 5) is 26.1. The molecular weight excluding hydrogens is 236 g/mol. The molecule has 0 aromatic carbocycles. The topological polar surface area (TPSA) is 65.7 Å². The minimum Gasteiger partial charge on any atom is -0.313 e. The molecule has 0 fully saturated rings. The smallest absolute Gasteiger partial charge is 0.313 e. The summed E-state index contributed by atoms with van der Waals surface area (Å²) in [5.41, 5.74) is -0.692. The van der Waals surface area contributed by atoms with Crippen LogP contribution < -0.4 is 11.2 Å². The van der Waals surface area contributed by atoms with Crippen molar-refractivity contribution in [2.45, 2.75) is 6.42 Å². The van der Waals surface area contributed by atoms with Crippen LogP contribution in [-0.2, 0) is 0 Å². The summed E-state index contributed by atoms with van der Waals surface area (Å²) in [5.74, 6) is 5.42. The van der Waals surface area contributed by atoms with E-state index in [4.69, 9.17) is 0 Å². The fourth-order valence-corrected chi connectivity index (χ4v) is 0.906. The normalized spacial score (nSPS) is 9.00. The molecule has 0 unspecified atom stereocenters. The molecule has 1 heterocycles. The van der Waals surface area contributed by atoms with Gasteiger partial charge in [0.25, 0.3) is 5.56 Å². The fourth-order valence-electron chi connectivity index (χ4n) is 0.708. The van der Waals surface area contributed by atoms with Crippen molar-refractivity contribution in [3.05, 3.63) is 32.6 Å². The molecule has 5 heteroatoms. The first kappa shape index (κ1) is 9.81. The summed E-state index contributed by atoms with van der Waals surface area (Å²) >= 11 is 3.21. The summed E-state index contributed by atoms with van der Waals surface area (Å²) in [6, 6.07) is 0. The van der Waals surface area contributed by atoms with Crippen molar-refractivity contribution in [1.29, 1.82) is 0 Å². The van der Waals surface area contributed by atoms with Crippen LogP contribution in [0.1, 0.15) is 12.0 Å². The van der Waals surface area contributed by atoms with E-state index in [2.05, 4.69) is 37.7 Å². The van der Waals surface area contributed by atoms with Crippen LogP contribution in [0.2, 0.25) is 0 Å². The quantitative estimate of drug-likeness (QED) is 0.546. The Hall–Kier alpha value is -1.28. The van der Waals surface area contributed by atoms with Crippen LogP contribution in [0.4, 0.5) is 0 Å². The van der Waals surface area contributed by atoms with Gasteiger partial charge in [-0.15, -0.1) is 0 Å². The zero-order chi connectivity index (χ0) is 9.68. The summed E-state index contributed by atoms with van der Waals surface area (Å²) in [5, 5.41) is 0.765. The van der Waals surface area contributed by atoms with E-state index >= 15 is 0 Å². The van der Waals surface area contributed by atoms with Crippen LogP contribution in [0.3, 0.4) is 0 Å². The average Bonchev–Trinajstić information content (AvgIpc) is 2.09. The highest BCUT2D eigenvalue weighted by Gasteiger charge is 1.93. The average molecular weight is 243 g/mol. The molecule has 0 radical (unpaired) electrons. The maximum absolute atomic E-state index is 11.0. The molecule has 0 saturated heterocycles. The van der Waals surface area contributed by atoms with Gasteiger partial charge in [-0.05, 0) is 0 Å². The Morgan fingerprint density at radius 3 is 2.85 bits per heavy atom. The second-order valence-corrected chi connectivity index (χ2v) is 3.02. The van der Waals surface area contributed by atoms with Gasteiger partial charge in [-0.1, -0.05) is 27.8 Å². The maximum atomic E-state index is 11.0. The van der Waals surface area contributed by atoms with Crippen LogP contribution in [0, 0.1) is 11.8 Å². The van der Waals surface area contributed by atoms with Gasteiger partial charge in [0, 0.05) is 17.9 Å². The molecule has 0 atom stereocenters. The zero-order valence-corrected chi connectivity index (χ0v) is 8.27. The molecule has 1 rings (SSSR count). The first-order valence-electron chi connectivity index (χ1n) is 3.61. The Morgan fingerprint density at radius 1 is 1.46 bits per heavy atom. The molecule has 13 heavy (non-hydrogen) atoms. The molecule has 0 spiro atoms. The van der Waals surface area contributed by atoms with Crippen molar-refractivity contribution in [3.8, 4) is 11.8 Å². The van der Waals surface area contributed by atoms with Crippen molar-refractivity contribution in [2.24, 2.45) is 0 Å². The van der Waals surface area contributed by atoms with Gasteiger partial charge < -0.3 is 4.98 Å². The van der Waals surface area contributed by atoms with Gasteiger partial charge in [0.1, 0.15) is 5.56 Å². The van der Waals surface area contributed by atoms with Crippen LogP contribution >= 0.6 is 15.9 Å². The van der Waals surface area contributed by atoms with E-state index < -0.39 is 11.2 Å². The van der Waals surface area contributed by atoms with Gasteiger partial charge in [0.15, 0.2) is 0 Å². The van der Waals surface area contributed by atoms with Crippen LogP contribution in [0.15, 0.2) is 15.8 Å². The predicted molar refractivity (Wildman–Crippen MR) is 53.0 cm³/mol. The van der Waals surface area contributed by atoms with Gasteiger partial charge in [0.05, 0.1) is 0 Å². The third-order valence-corrected chi connectivity index (χ3v) is 1.66. The Balaban J connectivity index is 2.99. The summed E-state index contributed by atoms with van der Waals surface area (Å²) in [6.45, 7) is 0. The maximum Gasteiger partial charge on any atom is 0.325 e. The number of hydrogen-bond acceptors (Lipinski definition) is 2. The van der Waals surface area contributed by atoms with Crippen LogP contribution in [0.25, 0.3) is 0 Å². The van der Waals surface area contributed by atoms with Crippen LogP contribution in [-0.4, -0.2) is 15.3 Å². The standard InChI is InChI=1S/C8H7BrN2O2/c9-4-2-1-3-6-5-10-8(13)11-7(6)12/h5H,2,4H2,(H2,10,11,12,13). The molecule has 0 aliphatic rings. The number of H-pyrrole nitrogens is 2. The first-order valence-corrected chi connectivity index (χ1v) is 4.73. The van der Waals surface area contributed by atoms with Crippen molar-refractivity contribution < 1.29 is 0 Å². The lowest BCUT2D eigenvalue weighted by atomic mass is 10.3. The molecule has 68 valence electrons. The largest absolute Gasteiger partial charge is 0.325 e. The summed E-state index contributed by atoms with van der Waals surface area (Å²) < 4.78 is 0. The third kappa shape index (κ3) is 2.92. The predicted octanol–water partition coefficient (Wildman–Crippen LogP) is 0.200. The lowest BCUT2D eigenvalue weighted by molar-refractivity contribution is 1.03. The molecule has 0 aliphatic carbocycles. The SMILES string of the molecule is O=c1[nH]cc(C#CCCBr)c(=O)[nH]1. The number of hydrogen-bond donors (Lipinski definition) is 2. The number of halogens is 1. The van der Waals surface area contributed by atoms with E-state index in [1.54, 1.807) is 0 Å². The van der Waals surface area contributed by atoms with Crippen molar-refractivity contribution in [2.75, 3.05) is 5.33 Å². The van der Waals surface area contributed by atoms with E-state index in [0.717, 1.165) is 5.33 Å². The fraction of sp³-hybridized carbons (Fsp3) is 0.250. The van der Waals surface area contributed by atoms with E-state index in [9.17, 15) is 9.59 Å². The van der Waals surface area contributed by atoms with Crippen LogP contribution in [0.5, 0.6) is 0 Å². The Kier molecular flexibility index (Phi) is 3.53. The van der Waals surface area contributed by atoms with E-state index in [1.807, 2.05) is 0 Å². The van der Waals surface area contributed by atoms with Gasteiger partial charge in [-0.3, -0.25) is 9.78 Å². The Morgan fingerprint density at radius 2 is 2.23 bits per heavy atom. The highest BCUT2D eigenvalue weighted by molar-refractivity contribution is 9.09. The molecule has 4 nitrogen and oxygen atoms in total. The lowest BCUT2D eigenvalue weighted by Gasteiger charge is -1.86. The van der Waals surface area contributed by atoms with Gasteiger partial charge >= 0.3 is 5.69 Å². The first-order chi connectivity index (χ1) is 6.24. The summed E-state index contributed by atoms with van der Waals surface area (Å²) in [7, 11) is 0. The number of alkyl halides is 1. The van der Waals surface area contributed by atoms with E-state index in [-0.39, 0.29) is 5.56 Å². The monoisotopic (exact) mass is 242 g/mol. The number of nitrogens with one attached hydrogen (secondary N) is 2. The molecule has 0 saturated carbocycles. The zero-order valence-electron chi connectivity index (χ0n) is 6.69. The molecule has 0 amide bonds. The van der Waals surface area contributed by atoms with Crippen molar-refractivity contribution in [3.63, 3.8) is 0 Å². The highest BCUT2D eigenvalue weighted by Crippen LogP contribution is 1.85. The lowest BCUT2D eigenvalue weighted by Crippen LogP contribution is -2.23. The molecule has 2 N–H and O–H groups in total. The van der Waals surface area contributed by atoms with Crippen molar-refractivity contribution >= 4 is 15.9 Å². The van der Waals surface area contributed by atoms with E-state index in [0.29, 0.717) is 6.42 Å².